The van der Waals surface area contributed by atoms with Crippen molar-refractivity contribution in [2.75, 3.05) is 18.9 Å². The summed E-state index contributed by atoms with van der Waals surface area (Å²) in [6, 6.07) is 0. The number of nitrogen functional groups attached to an aromatic ring is 1. The monoisotopic (exact) mass is 203 g/mol. The molecule has 2 N–H and O–H groups in total. The van der Waals surface area contributed by atoms with Crippen LogP contribution in [0, 0.1) is 0 Å². The second-order valence-electron chi connectivity index (χ2n) is 2.00. The molecule has 13 heavy (non-hydrogen) atoms. The van der Waals surface area contributed by atoms with Crippen LogP contribution >= 0.6 is 11.3 Å². The van der Waals surface area contributed by atoms with Gasteiger partial charge in [0, 0.05) is 0 Å². The molecule has 1 aromatic heterocycles. The van der Waals surface area contributed by atoms with Crippen molar-refractivity contribution in [2.24, 2.45) is 0 Å². The summed E-state index contributed by atoms with van der Waals surface area (Å²) in [5.74, 6) is -0.434. The Bertz CT molecular complexity index is 288. The van der Waals surface area contributed by atoms with E-state index in [1.54, 1.807) is 6.92 Å². The van der Waals surface area contributed by atoms with E-state index in [-0.39, 0.29) is 11.8 Å². The van der Waals surface area contributed by atoms with Crippen LogP contribution in [0.1, 0.15) is 6.92 Å². The summed E-state index contributed by atoms with van der Waals surface area (Å²) in [5, 5.41) is 7.64. The van der Waals surface area contributed by atoms with Gasteiger partial charge in [-0.05, 0) is 18.3 Å². The number of nitrogens with zero attached hydrogens (tertiary/aromatic N) is 2. The molecule has 72 valence electrons. The number of hydrogen-bond acceptors (Lipinski definition) is 7. The number of rotatable bonds is 4. The first-order valence-electron chi connectivity index (χ1n) is 3.59. The maximum Gasteiger partial charge on any atom is 0.344 e. The second kappa shape index (κ2) is 4.61. The minimum absolute atomic E-state index is 0.164. The SMILES string of the molecule is CCOC(=O)COc1nnc(N)s1. The fourth-order valence-corrected chi connectivity index (χ4v) is 1.06. The molecule has 6 nitrogen and oxygen atoms in total. The summed E-state index contributed by atoms with van der Waals surface area (Å²) in [7, 11) is 0. The molecule has 0 aliphatic heterocycles. The van der Waals surface area contributed by atoms with Crippen LogP contribution < -0.4 is 10.5 Å². The van der Waals surface area contributed by atoms with Gasteiger partial charge in [0.2, 0.25) is 5.13 Å². The van der Waals surface area contributed by atoms with Gasteiger partial charge in [-0.3, -0.25) is 0 Å². The first-order valence-corrected chi connectivity index (χ1v) is 4.41. The van der Waals surface area contributed by atoms with Crippen molar-refractivity contribution >= 4 is 22.4 Å². The average Bonchev–Trinajstić information content (AvgIpc) is 2.49. The smallest absolute Gasteiger partial charge is 0.344 e. The molecule has 0 unspecified atom stereocenters. The molecule has 0 aliphatic carbocycles. The molecule has 0 atom stereocenters. The largest absolute Gasteiger partial charge is 0.463 e. The Kier molecular flexibility index (Phi) is 3.44. The van der Waals surface area contributed by atoms with Crippen molar-refractivity contribution in [2.45, 2.75) is 6.92 Å². The van der Waals surface area contributed by atoms with Gasteiger partial charge in [0.15, 0.2) is 6.61 Å². The van der Waals surface area contributed by atoms with E-state index in [9.17, 15) is 4.79 Å². The van der Waals surface area contributed by atoms with Crippen LogP contribution in [0.3, 0.4) is 0 Å². The van der Waals surface area contributed by atoms with Crippen LogP contribution in [0.4, 0.5) is 5.13 Å². The Morgan fingerprint density at radius 3 is 2.92 bits per heavy atom. The minimum atomic E-state index is -0.434. The molecule has 0 radical (unpaired) electrons. The van der Waals surface area contributed by atoms with E-state index < -0.39 is 5.97 Å². The summed E-state index contributed by atoms with van der Waals surface area (Å²) < 4.78 is 9.56. The molecule has 0 aromatic carbocycles. The molecule has 1 rings (SSSR count). The zero-order chi connectivity index (χ0) is 9.68. The number of ether oxygens (including phenoxy) is 2. The van der Waals surface area contributed by atoms with Gasteiger partial charge in [0.1, 0.15) is 0 Å². The third-order valence-electron chi connectivity index (χ3n) is 1.04. The molecular formula is C6H9N3O3S. The van der Waals surface area contributed by atoms with Crippen molar-refractivity contribution in [3.63, 3.8) is 0 Å². The van der Waals surface area contributed by atoms with E-state index in [0.717, 1.165) is 11.3 Å². The summed E-state index contributed by atoms with van der Waals surface area (Å²) >= 11 is 1.07. The highest BCUT2D eigenvalue weighted by molar-refractivity contribution is 7.16. The zero-order valence-corrected chi connectivity index (χ0v) is 7.84. The summed E-state index contributed by atoms with van der Waals surface area (Å²) in [6.45, 7) is 1.89. The lowest BCUT2D eigenvalue weighted by molar-refractivity contribution is -0.145. The average molecular weight is 203 g/mol. The molecule has 0 saturated carbocycles. The third kappa shape index (κ3) is 3.24. The van der Waals surface area contributed by atoms with Gasteiger partial charge in [-0.15, -0.1) is 5.10 Å². The Hall–Kier alpha value is -1.37. The minimum Gasteiger partial charge on any atom is -0.463 e. The topological polar surface area (TPSA) is 87.3 Å². The number of aromatic nitrogens is 2. The number of carbonyl (C=O) groups excluding carboxylic acids is 1. The lowest BCUT2D eigenvalue weighted by Gasteiger charge is -2.00. The molecular weight excluding hydrogens is 194 g/mol. The van der Waals surface area contributed by atoms with E-state index in [1.165, 1.54) is 0 Å². The summed E-state index contributed by atoms with van der Waals surface area (Å²) in [4.78, 5) is 10.8. The fraction of sp³-hybridized carbons (Fsp3) is 0.500. The quantitative estimate of drug-likeness (QED) is 0.696. The van der Waals surface area contributed by atoms with Gasteiger partial charge >= 0.3 is 5.97 Å². The normalized spacial score (nSPS) is 9.62. The van der Waals surface area contributed by atoms with Crippen molar-refractivity contribution in [3.8, 4) is 5.19 Å². The predicted molar refractivity (Wildman–Crippen MR) is 46.4 cm³/mol. The highest BCUT2D eigenvalue weighted by Gasteiger charge is 2.06. The molecule has 0 aliphatic rings. The van der Waals surface area contributed by atoms with Crippen molar-refractivity contribution in [3.05, 3.63) is 0 Å². The van der Waals surface area contributed by atoms with Gasteiger partial charge in [0.25, 0.3) is 5.19 Å². The third-order valence-corrected chi connectivity index (χ3v) is 1.71. The van der Waals surface area contributed by atoms with Crippen LogP contribution in [0.5, 0.6) is 5.19 Å². The Labute approximate surface area is 78.7 Å². The van der Waals surface area contributed by atoms with Crippen LogP contribution in [-0.2, 0) is 9.53 Å². The summed E-state index contributed by atoms with van der Waals surface area (Å²) in [5.41, 5.74) is 5.29. The number of carbonyl (C=O) groups is 1. The Morgan fingerprint density at radius 1 is 1.62 bits per heavy atom. The maximum absolute atomic E-state index is 10.8. The van der Waals surface area contributed by atoms with Gasteiger partial charge in [-0.2, -0.15) is 0 Å². The first-order chi connectivity index (χ1) is 6.22. The van der Waals surface area contributed by atoms with Crippen LogP contribution in [0.2, 0.25) is 0 Å². The van der Waals surface area contributed by atoms with E-state index in [0.29, 0.717) is 11.7 Å². The number of nitrogens with two attached hydrogens (primary N) is 1. The predicted octanol–water partition coefficient (Wildman–Crippen LogP) is 0.0622. The molecule has 0 bridgehead atoms. The van der Waals surface area contributed by atoms with Crippen molar-refractivity contribution < 1.29 is 14.3 Å². The van der Waals surface area contributed by atoms with E-state index in [2.05, 4.69) is 14.9 Å². The number of anilines is 1. The van der Waals surface area contributed by atoms with Gasteiger partial charge in [-0.1, -0.05) is 5.10 Å². The van der Waals surface area contributed by atoms with Crippen molar-refractivity contribution in [1.82, 2.24) is 10.2 Å². The molecule has 1 heterocycles. The lowest BCUT2D eigenvalue weighted by atomic mass is 10.7. The van der Waals surface area contributed by atoms with Crippen LogP contribution in [0.25, 0.3) is 0 Å². The molecule has 0 spiro atoms. The van der Waals surface area contributed by atoms with Crippen molar-refractivity contribution in [1.29, 1.82) is 0 Å². The zero-order valence-electron chi connectivity index (χ0n) is 7.02. The Balaban J connectivity index is 2.30. The van der Waals surface area contributed by atoms with Crippen LogP contribution in [-0.4, -0.2) is 29.4 Å². The molecule has 0 fully saturated rings. The second-order valence-corrected chi connectivity index (χ2v) is 2.97. The molecule has 7 heteroatoms. The lowest BCUT2D eigenvalue weighted by Crippen LogP contribution is -2.14. The van der Waals surface area contributed by atoms with E-state index in [4.69, 9.17) is 10.5 Å². The highest BCUT2D eigenvalue weighted by atomic mass is 32.1. The molecule has 0 saturated heterocycles. The molecule has 1 aromatic rings. The molecule has 0 amide bonds. The number of hydrogen-bond donors (Lipinski definition) is 1. The summed E-state index contributed by atoms with van der Waals surface area (Å²) in [6.07, 6.45) is 0. The van der Waals surface area contributed by atoms with E-state index in [1.807, 2.05) is 0 Å². The van der Waals surface area contributed by atoms with Gasteiger partial charge < -0.3 is 15.2 Å². The first kappa shape index (κ1) is 9.72. The van der Waals surface area contributed by atoms with Gasteiger partial charge in [0.05, 0.1) is 6.61 Å². The highest BCUT2D eigenvalue weighted by Crippen LogP contribution is 2.18. The Morgan fingerprint density at radius 2 is 2.38 bits per heavy atom. The number of esters is 1. The van der Waals surface area contributed by atoms with Gasteiger partial charge in [-0.25, -0.2) is 4.79 Å². The van der Waals surface area contributed by atoms with E-state index >= 15 is 0 Å². The van der Waals surface area contributed by atoms with Crippen LogP contribution in [0.15, 0.2) is 0 Å². The standard InChI is InChI=1S/C6H9N3O3S/c1-2-11-4(10)3-12-6-9-8-5(7)13-6/h2-3H2,1H3,(H2,7,8). The fourth-order valence-electron chi connectivity index (χ4n) is 0.602. The maximum atomic E-state index is 10.8.